The third-order valence-electron chi connectivity index (χ3n) is 3.35. The number of hydrogen-bond donors (Lipinski definition) is 2. The molecule has 2 fully saturated rings. The predicted octanol–water partition coefficient (Wildman–Crippen LogP) is 1.68. The molecule has 0 amide bonds. The van der Waals surface area contributed by atoms with Crippen LogP contribution in [0.1, 0.15) is 44.9 Å². The first-order valence-corrected chi connectivity index (χ1v) is 5.78. The summed E-state index contributed by atoms with van der Waals surface area (Å²) < 4.78 is 0. The van der Waals surface area contributed by atoms with Gasteiger partial charge in [0.2, 0.25) is 0 Å². The van der Waals surface area contributed by atoms with Gasteiger partial charge in [0.25, 0.3) is 0 Å². The van der Waals surface area contributed by atoms with Crippen LogP contribution in [0.5, 0.6) is 0 Å². The molecule has 2 heteroatoms. The lowest BCUT2D eigenvalue weighted by atomic mass is 10.1. The van der Waals surface area contributed by atoms with Crippen LogP contribution in [0.25, 0.3) is 0 Å². The first-order valence-electron chi connectivity index (χ1n) is 5.78. The van der Waals surface area contributed by atoms with Crippen LogP contribution in [0.3, 0.4) is 0 Å². The molecular weight excluding hydrogens is 162 g/mol. The number of nitrogens with one attached hydrogen (secondary N) is 1. The average molecular weight is 183 g/mol. The Bertz CT molecular complexity index is 156. The Morgan fingerprint density at radius 2 is 1.77 bits per heavy atom. The molecule has 0 unspecified atom stereocenters. The lowest BCUT2D eigenvalue weighted by Gasteiger charge is -2.21. The molecule has 0 aromatic heterocycles. The minimum atomic E-state index is -0.0822. The molecule has 0 saturated heterocycles. The van der Waals surface area contributed by atoms with Crippen molar-refractivity contribution in [1.82, 2.24) is 5.32 Å². The van der Waals surface area contributed by atoms with E-state index in [1.165, 1.54) is 38.5 Å². The van der Waals surface area contributed by atoms with Crippen LogP contribution < -0.4 is 5.32 Å². The zero-order valence-electron chi connectivity index (χ0n) is 8.34. The van der Waals surface area contributed by atoms with E-state index in [0.29, 0.717) is 6.04 Å². The summed E-state index contributed by atoms with van der Waals surface area (Å²) in [5, 5.41) is 13.3. The van der Waals surface area contributed by atoms with Crippen molar-refractivity contribution in [1.29, 1.82) is 0 Å². The summed E-state index contributed by atoms with van der Waals surface area (Å²) >= 11 is 0. The standard InChI is InChI=1S/C11H21NO/c13-11-5-3-1-2-4-10(11)12-8-9-6-7-9/h9-13H,1-8H2/t10-,11-/m1/s1. The summed E-state index contributed by atoms with van der Waals surface area (Å²) in [7, 11) is 0. The molecule has 0 spiro atoms. The van der Waals surface area contributed by atoms with E-state index in [9.17, 15) is 5.11 Å². The third kappa shape index (κ3) is 2.96. The van der Waals surface area contributed by atoms with Gasteiger partial charge in [0.15, 0.2) is 0 Å². The van der Waals surface area contributed by atoms with Gasteiger partial charge in [-0.3, -0.25) is 0 Å². The second kappa shape index (κ2) is 4.43. The van der Waals surface area contributed by atoms with Crippen molar-refractivity contribution in [2.45, 2.75) is 57.1 Å². The minimum absolute atomic E-state index is 0.0822. The number of hydrogen-bond acceptors (Lipinski definition) is 2. The molecule has 2 N–H and O–H groups in total. The second-order valence-electron chi connectivity index (χ2n) is 4.66. The molecule has 2 rings (SSSR count). The largest absolute Gasteiger partial charge is 0.392 e. The Morgan fingerprint density at radius 1 is 1.00 bits per heavy atom. The zero-order valence-corrected chi connectivity index (χ0v) is 8.34. The molecule has 2 aliphatic rings. The number of aliphatic hydroxyl groups excluding tert-OH is 1. The van der Waals surface area contributed by atoms with Gasteiger partial charge in [-0.05, 0) is 38.1 Å². The van der Waals surface area contributed by atoms with E-state index in [0.717, 1.165) is 18.9 Å². The average Bonchev–Trinajstić information content (AvgIpc) is 2.90. The van der Waals surface area contributed by atoms with Crippen LogP contribution in [0.4, 0.5) is 0 Å². The molecule has 2 saturated carbocycles. The minimum Gasteiger partial charge on any atom is -0.392 e. The highest BCUT2D eigenvalue weighted by molar-refractivity contribution is 4.82. The molecule has 2 atom stereocenters. The molecule has 76 valence electrons. The maximum Gasteiger partial charge on any atom is 0.0693 e. The first-order chi connectivity index (χ1) is 6.36. The molecule has 13 heavy (non-hydrogen) atoms. The quantitative estimate of drug-likeness (QED) is 0.652. The lowest BCUT2D eigenvalue weighted by Crippen LogP contribution is -2.40. The van der Waals surface area contributed by atoms with Crippen molar-refractivity contribution in [3.63, 3.8) is 0 Å². The van der Waals surface area contributed by atoms with Gasteiger partial charge in [0.05, 0.1) is 6.10 Å². The topological polar surface area (TPSA) is 32.3 Å². The van der Waals surface area contributed by atoms with Crippen molar-refractivity contribution >= 4 is 0 Å². The SMILES string of the molecule is O[C@@H]1CCCCC[C@H]1NCC1CC1. The van der Waals surface area contributed by atoms with Crippen LogP contribution in [0.2, 0.25) is 0 Å². The number of aliphatic hydroxyl groups is 1. The summed E-state index contributed by atoms with van der Waals surface area (Å²) in [6.07, 6.45) is 8.70. The fraction of sp³-hybridized carbons (Fsp3) is 1.00. The lowest BCUT2D eigenvalue weighted by molar-refractivity contribution is 0.119. The summed E-state index contributed by atoms with van der Waals surface area (Å²) in [4.78, 5) is 0. The van der Waals surface area contributed by atoms with E-state index in [1.807, 2.05) is 0 Å². The van der Waals surface area contributed by atoms with Gasteiger partial charge in [0.1, 0.15) is 0 Å². The Balaban J connectivity index is 1.72. The molecule has 0 radical (unpaired) electrons. The van der Waals surface area contributed by atoms with E-state index in [4.69, 9.17) is 0 Å². The van der Waals surface area contributed by atoms with E-state index in [1.54, 1.807) is 0 Å². The van der Waals surface area contributed by atoms with Crippen LogP contribution in [0.15, 0.2) is 0 Å². The van der Waals surface area contributed by atoms with E-state index >= 15 is 0 Å². The van der Waals surface area contributed by atoms with Gasteiger partial charge in [0, 0.05) is 6.04 Å². The second-order valence-corrected chi connectivity index (χ2v) is 4.66. The van der Waals surface area contributed by atoms with Gasteiger partial charge >= 0.3 is 0 Å². The fourth-order valence-electron chi connectivity index (χ4n) is 2.17. The van der Waals surface area contributed by atoms with Gasteiger partial charge < -0.3 is 10.4 Å². The van der Waals surface area contributed by atoms with Crippen molar-refractivity contribution < 1.29 is 5.11 Å². The van der Waals surface area contributed by atoms with Crippen LogP contribution in [0, 0.1) is 5.92 Å². The maximum atomic E-state index is 9.82. The van der Waals surface area contributed by atoms with Gasteiger partial charge in [-0.15, -0.1) is 0 Å². The van der Waals surface area contributed by atoms with Crippen molar-refractivity contribution in [3.05, 3.63) is 0 Å². The van der Waals surface area contributed by atoms with Crippen molar-refractivity contribution in [2.24, 2.45) is 5.92 Å². The van der Waals surface area contributed by atoms with E-state index in [-0.39, 0.29) is 6.10 Å². The van der Waals surface area contributed by atoms with E-state index in [2.05, 4.69) is 5.32 Å². The Morgan fingerprint density at radius 3 is 2.54 bits per heavy atom. The number of rotatable bonds is 3. The van der Waals surface area contributed by atoms with Gasteiger partial charge in [-0.1, -0.05) is 19.3 Å². The fourth-order valence-corrected chi connectivity index (χ4v) is 2.17. The third-order valence-corrected chi connectivity index (χ3v) is 3.35. The molecule has 2 nitrogen and oxygen atoms in total. The predicted molar refractivity (Wildman–Crippen MR) is 53.6 cm³/mol. The summed E-state index contributed by atoms with van der Waals surface area (Å²) in [6, 6.07) is 0.392. The molecule has 0 aliphatic heterocycles. The van der Waals surface area contributed by atoms with Gasteiger partial charge in [-0.25, -0.2) is 0 Å². The Kier molecular flexibility index (Phi) is 3.23. The smallest absolute Gasteiger partial charge is 0.0693 e. The van der Waals surface area contributed by atoms with E-state index < -0.39 is 0 Å². The normalized spacial score (nSPS) is 35.8. The molecule has 0 bridgehead atoms. The maximum absolute atomic E-state index is 9.82. The zero-order chi connectivity index (χ0) is 9.10. The first kappa shape index (κ1) is 9.47. The summed E-state index contributed by atoms with van der Waals surface area (Å²) in [6.45, 7) is 1.14. The highest BCUT2D eigenvalue weighted by Crippen LogP contribution is 2.28. The van der Waals surface area contributed by atoms with Gasteiger partial charge in [-0.2, -0.15) is 0 Å². The molecular formula is C11H21NO. The Hall–Kier alpha value is -0.0800. The van der Waals surface area contributed by atoms with Crippen LogP contribution in [-0.4, -0.2) is 23.8 Å². The van der Waals surface area contributed by atoms with Crippen LogP contribution >= 0.6 is 0 Å². The monoisotopic (exact) mass is 183 g/mol. The molecule has 0 aromatic rings. The molecule has 2 aliphatic carbocycles. The Labute approximate surface area is 80.7 Å². The highest BCUT2D eigenvalue weighted by Gasteiger charge is 2.25. The van der Waals surface area contributed by atoms with Crippen molar-refractivity contribution in [2.75, 3.05) is 6.54 Å². The summed E-state index contributed by atoms with van der Waals surface area (Å²) in [5.41, 5.74) is 0. The summed E-state index contributed by atoms with van der Waals surface area (Å²) in [5.74, 6) is 0.926. The highest BCUT2D eigenvalue weighted by atomic mass is 16.3. The van der Waals surface area contributed by atoms with Crippen molar-refractivity contribution in [3.8, 4) is 0 Å². The van der Waals surface area contributed by atoms with Crippen LogP contribution in [-0.2, 0) is 0 Å². The molecule has 0 aromatic carbocycles. The molecule has 0 heterocycles.